The third-order valence-electron chi connectivity index (χ3n) is 9.81. The van der Waals surface area contributed by atoms with Gasteiger partial charge in [0.15, 0.2) is 5.78 Å². The lowest BCUT2D eigenvalue weighted by atomic mass is 9.49. The molecule has 3 fully saturated rings. The van der Waals surface area contributed by atoms with E-state index < -0.39 is 0 Å². The van der Waals surface area contributed by atoms with Gasteiger partial charge in [0, 0.05) is 23.2 Å². The Hall–Kier alpha value is -0.770. The van der Waals surface area contributed by atoms with E-state index in [1.165, 1.54) is 44.9 Å². The Balaban J connectivity index is 1.82. The molecule has 176 valence electrons. The van der Waals surface area contributed by atoms with E-state index in [4.69, 9.17) is 5.73 Å². The first-order valence-corrected chi connectivity index (χ1v) is 14.0. The summed E-state index contributed by atoms with van der Waals surface area (Å²) in [5.74, 6) is 5.82. The molecule has 0 spiro atoms. The Morgan fingerprint density at radius 2 is 1.90 bits per heavy atom. The highest BCUT2D eigenvalue weighted by atomic mass is 32.2. The monoisotopic (exact) mass is 446 g/mol. The average Bonchev–Trinajstić information content (AvgIpc) is 2.97. The maximum absolute atomic E-state index is 13.5. The van der Waals surface area contributed by atoms with Crippen molar-refractivity contribution >= 4 is 23.8 Å². The zero-order valence-electron chi connectivity index (χ0n) is 20.8. The highest BCUT2D eigenvalue weighted by Crippen LogP contribution is 2.66. The standard InChI is InChI=1S/C27H46N2OS/c1-7-9-21-19(8-2)10-11-23-22(21)12-13-27(5)25(23)17(3)18(4)26(27)24(30)16-29-15-20(14-28)31-6/h14-15,17-19,21-23,25-26H,7-13,16,28H2,1-6H3/t17-,18?,19?,21?,22?,23?,25?,26?,27?/m1/s1. The summed E-state index contributed by atoms with van der Waals surface area (Å²) in [6.45, 7) is 12.3. The lowest BCUT2D eigenvalue weighted by molar-refractivity contribution is -0.129. The van der Waals surface area contributed by atoms with Crippen LogP contribution in [-0.2, 0) is 4.79 Å². The molecule has 0 aromatic carbocycles. The molecule has 3 rings (SSSR count). The van der Waals surface area contributed by atoms with Gasteiger partial charge in [-0.3, -0.25) is 9.79 Å². The lowest BCUT2D eigenvalue weighted by Gasteiger charge is -2.55. The van der Waals surface area contributed by atoms with Gasteiger partial charge in [-0.2, -0.15) is 0 Å². The molecule has 9 atom stereocenters. The Morgan fingerprint density at radius 1 is 1.16 bits per heavy atom. The number of thioether (sulfide) groups is 1. The summed E-state index contributed by atoms with van der Waals surface area (Å²) in [5, 5.41) is 0. The van der Waals surface area contributed by atoms with Gasteiger partial charge in [-0.15, -0.1) is 11.8 Å². The lowest BCUT2D eigenvalue weighted by Crippen LogP contribution is -2.49. The molecule has 0 heterocycles. The number of rotatable bonds is 8. The molecule has 31 heavy (non-hydrogen) atoms. The fourth-order valence-electron chi connectivity index (χ4n) is 8.53. The highest BCUT2D eigenvalue weighted by Gasteiger charge is 2.62. The molecule has 3 aliphatic carbocycles. The Kier molecular flexibility index (Phi) is 8.38. The molecule has 4 heteroatoms. The molecular formula is C27H46N2OS. The number of hydrogen-bond acceptors (Lipinski definition) is 4. The van der Waals surface area contributed by atoms with E-state index in [1.54, 1.807) is 24.2 Å². The van der Waals surface area contributed by atoms with E-state index in [0.29, 0.717) is 30.1 Å². The second-order valence-electron chi connectivity index (χ2n) is 11.0. The number of nitrogens with two attached hydrogens (primary N) is 1. The number of allylic oxidation sites excluding steroid dienone is 1. The topological polar surface area (TPSA) is 55.5 Å². The van der Waals surface area contributed by atoms with Crippen molar-refractivity contribution in [2.24, 2.45) is 63.5 Å². The van der Waals surface area contributed by atoms with Gasteiger partial charge in [0.2, 0.25) is 0 Å². The first-order chi connectivity index (χ1) is 14.8. The van der Waals surface area contributed by atoms with Crippen LogP contribution in [0.4, 0.5) is 0 Å². The number of hydrogen-bond donors (Lipinski definition) is 1. The smallest absolute Gasteiger partial charge is 0.158 e. The number of carbonyl (C=O) groups excluding carboxylic acids is 1. The SMILES string of the molecule is CCCC1C(CC)CCC2C1CCC1(C)C(C(=O)CN=CC(=CN)SC)C(C)[C@@H](C)C21. The minimum absolute atomic E-state index is 0.147. The highest BCUT2D eigenvalue weighted by molar-refractivity contribution is 8.03. The molecule has 0 aliphatic heterocycles. The number of fused-ring (bicyclic) bond motifs is 3. The van der Waals surface area contributed by atoms with Gasteiger partial charge in [-0.05, 0) is 78.8 Å². The van der Waals surface area contributed by atoms with Crippen LogP contribution in [0.25, 0.3) is 0 Å². The van der Waals surface area contributed by atoms with E-state index in [1.807, 2.05) is 6.26 Å². The maximum Gasteiger partial charge on any atom is 0.158 e. The molecule has 0 bridgehead atoms. The second kappa shape index (κ2) is 10.4. The van der Waals surface area contributed by atoms with Crippen LogP contribution in [0.2, 0.25) is 0 Å². The minimum Gasteiger partial charge on any atom is -0.404 e. The zero-order valence-corrected chi connectivity index (χ0v) is 21.6. The van der Waals surface area contributed by atoms with E-state index >= 15 is 0 Å². The molecule has 8 unspecified atom stereocenters. The summed E-state index contributed by atoms with van der Waals surface area (Å²) in [5.41, 5.74) is 5.77. The molecule has 0 radical (unpaired) electrons. The summed E-state index contributed by atoms with van der Waals surface area (Å²) in [6, 6.07) is 0. The molecular weight excluding hydrogens is 400 g/mol. The van der Waals surface area contributed by atoms with Crippen molar-refractivity contribution < 1.29 is 4.79 Å². The fraction of sp³-hybridized carbons (Fsp3) is 0.852. The van der Waals surface area contributed by atoms with E-state index in [9.17, 15) is 4.79 Å². The summed E-state index contributed by atoms with van der Waals surface area (Å²) in [4.78, 5) is 18.9. The third-order valence-corrected chi connectivity index (χ3v) is 10.5. The van der Waals surface area contributed by atoms with Crippen LogP contribution >= 0.6 is 11.8 Å². The van der Waals surface area contributed by atoms with Gasteiger partial charge >= 0.3 is 0 Å². The Morgan fingerprint density at radius 3 is 2.52 bits per heavy atom. The third kappa shape index (κ3) is 4.52. The van der Waals surface area contributed by atoms with Crippen molar-refractivity contribution in [2.45, 2.75) is 79.6 Å². The van der Waals surface area contributed by atoms with Crippen LogP contribution in [0.5, 0.6) is 0 Å². The van der Waals surface area contributed by atoms with Crippen LogP contribution in [0.3, 0.4) is 0 Å². The van der Waals surface area contributed by atoms with Crippen LogP contribution in [0.1, 0.15) is 79.6 Å². The van der Waals surface area contributed by atoms with Crippen molar-refractivity contribution in [1.82, 2.24) is 0 Å². The predicted molar refractivity (Wildman–Crippen MR) is 135 cm³/mol. The molecule has 0 saturated heterocycles. The zero-order chi connectivity index (χ0) is 22.8. The molecule has 0 aromatic heterocycles. The average molecular weight is 447 g/mol. The maximum atomic E-state index is 13.5. The minimum atomic E-state index is 0.147. The largest absolute Gasteiger partial charge is 0.404 e. The van der Waals surface area contributed by atoms with E-state index in [-0.39, 0.29) is 11.3 Å². The van der Waals surface area contributed by atoms with Crippen molar-refractivity contribution in [3.63, 3.8) is 0 Å². The first kappa shape index (κ1) is 24.9. The van der Waals surface area contributed by atoms with Gasteiger partial charge in [0.1, 0.15) is 0 Å². The number of ketones is 1. The quantitative estimate of drug-likeness (QED) is 0.429. The van der Waals surface area contributed by atoms with Crippen molar-refractivity contribution in [3.8, 4) is 0 Å². The second-order valence-corrected chi connectivity index (χ2v) is 11.9. The summed E-state index contributed by atoms with van der Waals surface area (Å²) in [7, 11) is 0. The van der Waals surface area contributed by atoms with Crippen LogP contribution in [-0.4, -0.2) is 24.8 Å². The fourth-order valence-corrected chi connectivity index (χ4v) is 8.85. The molecule has 0 amide bonds. The number of Topliss-reactive ketones (excluding diaryl/α,β-unsaturated/α-hetero) is 1. The predicted octanol–water partition coefficient (Wildman–Crippen LogP) is 6.58. The summed E-state index contributed by atoms with van der Waals surface area (Å²) >= 11 is 1.57. The normalized spacial score (nSPS) is 43.1. The van der Waals surface area contributed by atoms with Gasteiger partial charge in [-0.1, -0.05) is 53.9 Å². The number of nitrogens with zero attached hydrogens (tertiary/aromatic N) is 1. The molecule has 3 saturated carbocycles. The van der Waals surface area contributed by atoms with Crippen LogP contribution in [0.15, 0.2) is 16.1 Å². The number of carbonyl (C=O) groups is 1. The van der Waals surface area contributed by atoms with Crippen LogP contribution < -0.4 is 5.73 Å². The molecule has 0 aromatic rings. The molecule has 3 nitrogen and oxygen atoms in total. The Bertz CT molecular complexity index is 689. The summed E-state index contributed by atoms with van der Waals surface area (Å²) < 4.78 is 0. The first-order valence-electron chi connectivity index (χ1n) is 12.8. The Labute approximate surface area is 195 Å². The van der Waals surface area contributed by atoms with E-state index in [2.05, 4.69) is 39.6 Å². The molecule has 3 aliphatic rings. The van der Waals surface area contributed by atoms with Crippen molar-refractivity contribution in [1.29, 1.82) is 0 Å². The van der Waals surface area contributed by atoms with Gasteiger partial charge in [0.25, 0.3) is 0 Å². The van der Waals surface area contributed by atoms with Gasteiger partial charge in [0.05, 0.1) is 6.54 Å². The van der Waals surface area contributed by atoms with Crippen molar-refractivity contribution in [3.05, 3.63) is 11.1 Å². The van der Waals surface area contributed by atoms with Crippen LogP contribution in [0, 0.1) is 52.8 Å². The van der Waals surface area contributed by atoms with Crippen molar-refractivity contribution in [2.75, 3.05) is 12.8 Å². The number of aliphatic imine (C=N–C) groups is 1. The van der Waals surface area contributed by atoms with E-state index in [0.717, 1.165) is 28.6 Å². The molecule has 2 N–H and O–H groups in total. The van der Waals surface area contributed by atoms with Gasteiger partial charge < -0.3 is 5.73 Å². The van der Waals surface area contributed by atoms with Gasteiger partial charge in [-0.25, -0.2) is 0 Å². The summed E-state index contributed by atoms with van der Waals surface area (Å²) in [6.07, 6.45) is 14.7.